The maximum absolute atomic E-state index is 13.1. The Morgan fingerprint density at radius 3 is 1.73 bits per heavy atom. The molecule has 1 rings (SSSR count). The van der Waals surface area contributed by atoms with Gasteiger partial charge in [0.25, 0.3) is 0 Å². The fourth-order valence-electron chi connectivity index (χ4n) is 1.67. The summed E-state index contributed by atoms with van der Waals surface area (Å²) in [5.41, 5.74) is -0.710. The lowest BCUT2D eigenvalue weighted by molar-refractivity contribution is -0.400. The molecular weight excluding hydrogens is 335 g/mol. The maximum Gasteiger partial charge on any atom is 0.460 e. The van der Waals surface area contributed by atoms with Crippen molar-refractivity contribution in [2.45, 2.75) is 37.3 Å². The molecule has 0 unspecified atom stereocenters. The van der Waals surface area contributed by atoms with E-state index in [0.29, 0.717) is 6.42 Å². The van der Waals surface area contributed by atoms with Crippen molar-refractivity contribution in [1.82, 2.24) is 0 Å². The Balaban J connectivity index is 2.75. The molecular formula is C11H13F9O2. The molecule has 1 aliphatic heterocycles. The van der Waals surface area contributed by atoms with Gasteiger partial charge >= 0.3 is 23.9 Å². The van der Waals surface area contributed by atoms with Gasteiger partial charge in [0.2, 0.25) is 0 Å². The molecule has 0 saturated carbocycles. The van der Waals surface area contributed by atoms with Gasteiger partial charge in [0, 0.05) is 5.41 Å². The third-order valence-corrected chi connectivity index (χ3v) is 3.47. The average molecular weight is 348 g/mol. The highest BCUT2D eigenvalue weighted by atomic mass is 19.4. The van der Waals surface area contributed by atoms with E-state index in [1.54, 1.807) is 6.92 Å². The fourth-order valence-corrected chi connectivity index (χ4v) is 1.67. The van der Waals surface area contributed by atoms with Crippen LogP contribution in [0.25, 0.3) is 0 Å². The van der Waals surface area contributed by atoms with E-state index >= 15 is 0 Å². The fraction of sp³-hybridized carbons (Fsp3) is 1.00. The summed E-state index contributed by atoms with van der Waals surface area (Å²) >= 11 is 0. The zero-order valence-electron chi connectivity index (χ0n) is 11.3. The van der Waals surface area contributed by atoms with Crippen molar-refractivity contribution in [3.63, 3.8) is 0 Å². The van der Waals surface area contributed by atoms with E-state index in [2.05, 4.69) is 4.74 Å². The molecule has 0 radical (unpaired) electrons. The van der Waals surface area contributed by atoms with Gasteiger partial charge < -0.3 is 9.47 Å². The minimum Gasteiger partial charge on any atom is -0.380 e. The van der Waals surface area contributed by atoms with E-state index in [0.717, 1.165) is 0 Å². The van der Waals surface area contributed by atoms with Gasteiger partial charge in [-0.1, -0.05) is 6.92 Å². The standard InChI is InChI=1S/C11H13F9O2/c1-2-7(3-21-4-7)5-22-6-8(12,13)9(14,15)10(16,17)11(18,19)20/h2-6H2,1H3. The Morgan fingerprint density at radius 2 is 1.41 bits per heavy atom. The van der Waals surface area contributed by atoms with E-state index in [-0.39, 0.29) is 13.2 Å². The first-order chi connectivity index (χ1) is 9.72. The summed E-state index contributed by atoms with van der Waals surface area (Å²) in [4.78, 5) is 0. The van der Waals surface area contributed by atoms with E-state index in [1.807, 2.05) is 0 Å². The Morgan fingerprint density at radius 1 is 0.909 bits per heavy atom. The summed E-state index contributed by atoms with van der Waals surface area (Å²) in [6, 6.07) is 0. The van der Waals surface area contributed by atoms with Crippen LogP contribution >= 0.6 is 0 Å². The summed E-state index contributed by atoms with van der Waals surface area (Å²) in [6.45, 7) is -0.926. The van der Waals surface area contributed by atoms with Crippen molar-refractivity contribution in [1.29, 1.82) is 0 Å². The SMILES string of the molecule is CCC1(COCC(F)(F)C(F)(F)C(F)(F)C(F)(F)F)COC1. The molecule has 1 heterocycles. The molecule has 0 amide bonds. The lowest BCUT2D eigenvalue weighted by Gasteiger charge is -2.41. The smallest absolute Gasteiger partial charge is 0.380 e. The monoisotopic (exact) mass is 348 g/mol. The van der Waals surface area contributed by atoms with Crippen molar-refractivity contribution >= 4 is 0 Å². The molecule has 0 bridgehead atoms. The Bertz CT molecular complexity index is 382. The quantitative estimate of drug-likeness (QED) is 0.650. The molecule has 22 heavy (non-hydrogen) atoms. The Hall–Kier alpha value is -0.710. The summed E-state index contributed by atoms with van der Waals surface area (Å²) < 4.78 is 122. The number of alkyl halides is 9. The summed E-state index contributed by atoms with van der Waals surface area (Å²) in [7, 11) is 0. The van der Waals surface area contributed by atoms with E-state index < -0.39 is 42.6 Å². The van der Waals surface area contributed by atoms with Crippen LogP contribution < -0.4 is 0 Å². The zero-order valence-corrected chi connectivity index (χ0v) is 11.3. The molecule has 132 valence electrons. The van der Waals surface area contributed by atoms with E-state index in [4.69, 9.17) is 4.74 Å². The molecule has 1 aliphatic rings. The molecule has 0 N–H and O–H groups in total. The van der Waals surface area contributed by atoms with Crippen molar-refractivity contribution in [2.75, 3.05) is 26.4 Å². The molecule has 0 atom stereocenters. The van der Waals surface area contributed by atoms with Crippen molar-refractivity contribution in [3.8, 4) is 0 Å². The molecule has 0 aliphatic carbocycles. The second-order valence-corrected chi connectivity index (χ2v) is 5.19. The third-order valence-electron chi connectivity index (χ3n) is 3.47. The van der Waals surface area contributed by atoms with Gasteiger partial charge in [-0.2, -0.15) is 39.5 Å². The van der Waals surface area contributed by atoms with Gasteiger partial charge in [-0.05, 0) is 6.42 Å². The van der Waals surface area contributed by atoms with Crippen LogP contribution in [-0.4, -0.2) is 50.4 Å². The highest BCUT2D eigenvalue weighted by molar-refractivity contribution is 5.00. The highest BCUT2D eigenvalue weighted by Crippen LogP contribution is 2.53. The second-order valence-electron chi connectivity index (χ2n) is 5.19. The Labute approximate surface area is 119 Å². The van der Waals surface area contributed by atoms with Gasteiger partial charge in [0.1, 0.15) is 6.61 Å². The molecule has 2 nitrogen and oxygen atoms in total. The predicted molar refractivity (Wildman–Crippen MR) is 55.3 cm³/mol. The van der Waals surface area contributed by atoms with Gasteiger partial charge in [-0.15, -0.1) is 0 Å². The lowest BCUT2D eigenvalue weighted by atomic mass is 9.84. The summed E-state index contributed by atoms with van der Waals surface area (Å²) in [5.74, 6) is -19.2. The van der Waals surface area contributed by atoms with Crippen molar-refractivity contribution in [2.24, 2.45) is 5.41 Å². The van der Waals surface area contributed by atoms with E-state index in [9.17, 15) is 39.5 Å². The number of hydrogen-bond acceptors (Lipinski definition) is 2. The van der Waals surface area contributed by atoms with Crippen LogP contribution in [0.15, 0.2) is 0 Å². The second kappa shape index (κ2) is 5.73. The minimum atomic E-state index is -6.88. The average Bonchev–Trinajstić information content (AvgIpc) is 2.30. The summed E-state index contributed by atoms with van der Waals surface area (Å²) in [5, 5.41) is 0. The number of hydrogen-bond donors (Lipinski definition) is 0. The number of halogens is 9. The largest absolute Gasteiger partial charge is 0.460 e. The molecule has 1 saturated heterocycles. The zero-order chi connectivity index (χ0) is 17.4. The van der Waals surface area contributed by atoms with Crippen molar-refractivity contribution < 1.29 is 49.0 Å². The van der Waals surface area contributed by atoms with Crippen LogP contribution in [0.2, 0.25) is 0 Å². The van der Waals surface area contributed by atoms with Crippen molar-refractivity contribution in [3.05, 3.63) is 0 Å². The number of ether oxygens (including phenoxy) is 2. The lowest BCUT2D eigenvalue weighted by Crippen LogP contribution is -2.62. The predicted octanol–water partition coefficient (Wildman–Crippen LogP) is 3.90. The van der Waals surface area contributed by atoms with Crippen LogP contribution in [0.5, 0.6) is 0 Å². The van der Waals surface area contributed by atoms with Crippen LogP contribution in [0.3, 0.4) is 0 Å². The third kappa shape index (κ3) is 3.15. The van der Waals surface area contributed by atoms with Crippen LogP contribution in [0, 0.1) is 5.41 Å². The molecule has 0 aromatic carbocycles. The maximum atomic E-state index is 13.1. The minimum absolute atomic E-state index is 0.101. The van der Waals surface area contributed by atoms with Gasteiger partial charge in [-0.3, -0.25) is 0 Å². The van der Waals surface area contributed by atoms with Gasteiger partial charge in [0.05, 0.1) is 19.8 Å². The highest BCUT2D eigenvalue weighted by Gasteiger charge is 2.81. The van der Waals surface area contributed by atoms with Crippen LogP contribution in [-0.2, 0) is 9.47 Å². The Kier molecular flexibility index (Phi) is 5.04. The topological polar surface area (TPSA) is 18.5 Å². The normalized spacial score (nSPS) is 19.9. The van der Waals surface area contributed by atoms with E-state index in [1.165, 1.54) is 0 Å². The van der Waals surface area contributed by atoms with Gasteiger partial charge in [-0.25, -0.2) is 0 Å². The first-order valence-electron chi connectivity index (χ1n) is 6.08. The molecule has 11 heteroatoms. The van der Waals surface area contributed by atoms with Crippen LogP contribution in [0.1, 0.15) is 13.3 Å². The molecule has 0 aromatic rings. The van der Waals surface area contributed by atoms with Gasteiger partial charge in [0.15, 0.2) is 0 Å². The first kappa shape index (κ1) is 19.3. The summed E-state index contributed by atoms with van der Waals surface area (Å²) in [6.07, 6.45) is -6.43. The first-order valence-corrected chi connectivity index (χ1v) is 6.08. The molecule has 1 fully saturated rings. The number of rotatable bonds is 7. The molecule has 0 aromatic heterocycles. The molecule has 0 spiro atoms. The van der Waals surface area contributed by atoms with Crippen LogP contribution in [0.4, 0.5) is 39.5 Å².